The molecule has 6 nitrogen and oxygen atoms in total. The number of nitriles is 1. The Morgan fingerprint density at radius 3 is 2.81 bits per heavy atom. The molecule has 0 aliphatic carbocycles. The molecule has 27 heavy (non-hydrogen) atoms. The van der Waals surface area contributed by atoms with Crippen molar-refractivity contribution >= 4 is 5.78 Å². The average molecular weight is 364 g/mol. The van der Waals surface area contributed by atoms with E-state index in [-0.39, 0.29) is 18.6 Å². The Labute approximate surface area is 157 Å². The Kier molecular flexibility index (Phi) is 4.46. The van der Waals surface area contributed by atoms with Gasteiger partial charge in [0.25, 0.3) is 0 Å². The molecular formula is C21H20N2O4. The van der Waals surface area contributed by atoms with Gasteiger partial charge in [0.05, 0.1) is 18.7 Å². The third-order valence-corrected chi connectivity index (χ3v) is 5.26. The van der Waals surface area contributed by atoms with Gasteiger partial charge in [-0.1, -0.05) is 12.1 Å². The standard InChI is InChI=1S/C21H20N2O4/c1-23-8-7-15-9-18-20(27-12-26-18)21(25-2)19(15)16(23)10-17(24)14-5-3-13(11-22)4-6-14/h3-6,9,16H,7-8,10,12H2,1-2H3. The van der Waals surface area contributed by atoms with Crippen LogP contribution in [0, 0.1) is 11.3 Å². The summed E-state index contributed by atoms with van der Waals surface area (Å²) in [5.74, 6) is 2.00. The second kappa shape index (κ2) is 6.93. The number of fused-ring (bicyclic) bond motifs is 2. The van der Waals surface area contributed by atoms with Gasteiger partial charge in [0.1, 0.15) is 0 Å². The van der Waals surface area contributed by atoms with Crippen LogP contribution in [-0.4, -0.2) is 38.2 Å². The fourth-order valence-electron chi connectivity index (χ4n) is 3.81. The molecule has 0 bridgehead atoms. The Morgan fingerprint density at radius 1 is 1.33 bits per heavy atom. The SMILES string of the molecule is COc1c2c(cc3c1C(CC(=O)c1ccc(C#N)cc1)N(C)CC3)OCO2. The summed E-state index contributed by atoms with van der Waals surface area (Å²) in [6.45, 7) is 1.03. The van der Waals surface area contributed by atoms with Crippen molar-refractivity contribution in [3.8, 4) is 23.3 Å². The Hall–Kier alpha value is -3.04. The minimum Gasteiger partial charge on any atom is -0.492 e. The maximum absolute atomic E-state index is 12.9. The zero-order chi connectivity index (χ0) is 19.0. The van der Waals surface area contributed by atoms with Gasteiger partial charge in [0, 0.05) is 30.1 Å². The Balaban J connectivity index is 1.69. The number of rotatable bonds is 4. The molecule has 0 saturated heterocycles. The first-order valence-electron chi connectivity index (χ1n) is 8.85. The van der Waals surface area contributed by atoms with Crippen molar-refractivity contribution in [1.29, 1.82) is 5.26 Å². The summed E-state index contributed by atoms with van der Waals surface area (Å²) < 4.78 is 16.8. The predicted octanol–water partition coefficient (Wildman–Crippen LogP) is 3.10. The van der Waals surface area contributed by atoms with Gasteiger partial charge in [0.15, 0.2) is 17.3 Å². The Morgan fingerprint density at radius 2 is 2.11 bits per heavy atom. The third-order valence-electron chi connectivity index (χ3n) is 5.26. The fraction of sp³-hybridized carbons (Fsp3) is 0.333. The van der Waals surface area contributed by atoms with Crippen molar-refractivity contribution in [2.75, 3.05) is 27.5 Å². The van der Waals surface area contributed by atoms with Crippen molar-refractivity contribution in [3.05, 3.63) is 52.6 Å². The molecule has 0 N–H and O–H groups in total. The summed E-state index contributed by atoms with van der Waals surface area (Å²) in [7, 11) is 3.63. The van der Waals surface area contributed by atoms with Crippen molar-refractivity contribution in [1.82, 2.24) is 4.90 Å². The molecular weight excluding hydrogens is 344 g/mol. The highest BCUT2D eigenvalue weighted by molar-refractivity contribution is 5.96. The minimum absolute atomic E-state index is 0.0314. The molecule has 0 fully saturated rings. The highest BCUT2D eigenvalue weighted by atomic mass is 16.7. The maximum atomic E-state index is 12.9. The summed E-state index contributed by atoms with van der Waals surface area (Å²) in [5, 5.41) is 8.93. The number of ether oxygens (including phenoxy) is 3. The van der Waals surface area contributed by atoms with Crippen LogP contribution in [0.3, 0.4) is 0 Å². The van der Waals surface area contributed by atoms with Gasteiger partial charge in [-0.3, -0.25) is 9.69 Å². The maximum Gasteiger partial charge on any atom is 0.231 e. The van der Waals surface area contributed by atoms with E-state index in [0.29, 0.717) is 34.8 Å². The summed E-state index contributed by atoms with van der Waals surface area (Å²) in [4.78, 5) is 15.1. The zero-order valence-corrected chi connectivity index (χ0v) is 15.3. The van der Waals surface area contributed by atoms with Crippen LogP contribution < -0.4 is 14.2 Å². The number of ketones is 1. The molecule has 2 aliphatic heterocycles. The van der Waals surface area contributed by atoms with Gasteiger partial charge in [0.2, 0.25) is 12.5 Å². The van der Waals surface area contributed by atoms with Gasteiger partial charge in [-0.05, 0) is 37.2 Å². The van der Waals surface area contributed by atoms with Gasteiger partial charge in [-0.15, -0.1) is 0 Å². The monoisotopic (exact) mass is 364 g/mol. The molecule has 2 aromatic carbocycles. The molecule has 0 amide bonds. The number of carbonyl (C=O) groups is 1. The van der Waals surface area contributed by atoms with Gasteiger partial charge in [-0.25, -0.2) is 0 Å². The smallest absolute Gasteiger partial charge is 0.231 e. The van der Waals surface area contributed by atoms with Crippen molar-refractivity contribution in [2.24, 2.45) is 0 Å². The molecule has 1 atom stereocenters. The number of benzene rings is 2. The van der Waals surface area contributed by atoms with Crippen LogP contribution in [0.1, 0.15) is 39.5 Å². The van der Waals surface area contributed by atoms with E-state index in [1.54, 1.807) is 31.4 Å². The molecule has 0 saturated carbocycles. The number of Topliss-reactive ketones (excluding diaryl/α,β-unsaturated/α-hetero) is 1. The van der Waals surface area contributed by atoms with Gasteiger partial charge < -0.3 is 14.2 Å². The van der Waals surface area contributed by atoms with Crippen LogP contribution in [0.5, 0.6) is 17.2 Å². The van der Waals surface area contributed by atoms with Gasteiger partial charge in [-0.2, -0.15) is 5.26 Å². The van der Waals surface area contributed by atoms with Crippen LogP contribution in [0.2, 0.25) is 0 Å². The molecule has 2 aromatic rings. The molecule has 2 heterocycles. The van der Waals surface area contributed by atoms with Crippen LogP contribution in [0.15, 0.2) is 30.3 Å². The summed E-state index contributed by atoms with van der Waals surface area (Å²) in [6, 6.07) is 10.7. The highest BCUT2D eigenvalue weighted by Crippen LogP contribution is 2.50. The van der Waals surface area contributed by atoms with Crippen molar-refractivity contribution in [3.63, 3.8) is 0 Å². The van der Waals surface area contributed by atoms with Crippen molar-refractivity contribution in [2.45, 2.75) is 18.9 Å². The normalized spacial score (nSPS) is 17.9. The first kappa shape index (κ1) is 17.4. The second-order valence-electron chi connectivity index (χ2n) is 6.78. The molecule has 1 unspecified atom stereocenters. The van der Waals surface area contributed by atoms with Crippen LogP contribution in [0.25, 0.3) is 0 Å². The number of hydrogen-bond acceptors (Lipinski definition) is 6. The van der Waals surface area contributed by atoms with E-state index in [4.69, 9.17) is 19.5 Å². The predicted molar refractivity (Wildman–Crippen MR) is 98.3 cm³/mol. The first-order chi connectivity index (χ1) is 13.1. The topological polar surface area (TPSA) is 71.8 Å². The fourth-order valence-corrected chi connectivity index (χ4v) is 3.81. The number of hydrogen-bond donors (Lipinski definition) is 0. The summed E-state index contributed by atoms with van der Waals surface area (Å²) >= 11 is 0. The van der Waals surface area contributed by atoms with Crippen molar-refractivity contribution < 1.29 is 19.0 Å². The quantitative estimate of drug-likeness (QED) is 0.777. The lowest BCUT2D eigenvalue weighted by atomic mass is 9.87. The molecule has 138 valence electrons. The molecule has 4 rings (SSSR count). The van der Waals surface area contributed by atoms with E-state index in [1.165, 1.54) is 0 Å². The lowest BCUT2D eigenvalue weighted by Gasteiger charge is -2.35. The number of likely N-dealkylation sites (N-methyl/N-ethyl adjacent to an activating group) is 1. The van der Waals surface area contributed by atoms with Crippen LogP contribution >= 0.6 is 0 Å². The second-order valence-corrected chi connectivity index (χ2v) is 6.78. The summed E-state index contributed by atoms with van der Waals surface area (Å²) in [5.41, 5.74) is 3.28. The third kappa shape index (κ3) is 3.00. The molecule has 2 aliphatic rings. The molecule has 0 radical (unpaired) electrons. The lowest BCUT2D eigenvalue weighted by Crippen LogP contribution is -2.34. The van der Waals surface area contributed by atoms with E-state index in [1.807, 2.05) is 13.1 Å². The molecule has 0 spiro atoms. The number of methoxy groups -OCH3 is 1. The van der Waals surface area contributed by atoms with Crippen LogP contribution in [0.4, 0.5) is 0 Å². The molecule has 0 aromatic heterocycles. The number of carbonyl (C=O) groups excluding carboxylic acids is 1. The number of nitrogens with zero attached hydrogens (tertiary/aromatic N) is 2. The van der Waals surface area contributed by atoms with Crippen LogP contribution in [-0.2, 0) is 6.42 Å². The van der Waals surface area contributed by atoms with E-state index >= 15 is 0 Å². The highest BCUT2D eigenvalue weighted by Gasteiger charge is 2.35. The van der Waals surface area contributed by atoms with E-state index in [9.17, 15) is 4.79 Å². The zero-order valence-electron chi connectivity index (χ0n) is 15.3. The van der Waals surface area contributed by atoms with E-state index < -0.39 is 0 Å². The minimum atomic E-state index is -0.110. The van der Waals surface area contributed by atoms with E-state index in [0.717, 1.165) is 24.1 Å². The van der Waals surface area contributed by atoms with Gasteiger partial charge >= 0.3 is 0 Å². The average Bonchev–Trinajstić information content (AvgIpc) is 3.16. The Bertz CT molecular complexity index is 931. The first-order valence-corrected chi connectivity index (χ1v) is 8.85. The largest absolute Gasteiger partial charge is 0.492 e. The van der Waals surface area contributed by atoms with E-state index in [2.05, 4.69) is 11.0 Å². The molecule has 6 heteroatoms. The summed E-state index contributed by atoms with van der Waals surface area (Å²) in [6.07, 6.45) is 1.19. The lowest BCUT2D eigenvalue weighted by molar-refractivity contribution is 0.0925.